The Morgan fingerprint density at radius 2 is 0.933 bits per heavy atom. The summed E-state index contributed by atoms with van der Waals surface area (Å²) in [5, 5.41) is 7.71. The van der Waals surface area contributed by atoms with E-state index in [0.29, 0.717) is 24.2 Å². The maximum absolute atomic E-state index is 12.5. The zero-order valence-electron chi connectivity index (χ0n) is 16.5. The van der Waals surface area contributed by atoms with Gasteiger partial charge in [-0.1, -0.05) is 72.8 Å². The molecular weight excluding hydrogens is 372 g/mol. The van der Waals surface area contributed by atoms with Gasteiger partial charge in [-0.15, -0.1) is 0 Å². The molecule has 0 unspecified atom stereocenters. The van der Waals surface area contributed by atoms with Crippen molar-refractivity contribution in [3.05, 3.63) is 119 Å². The van der Waals surface area contributed by atoms with Crippen molar-refractivity contribution in [2.24, 2.45) is 0 Å². The Labute approximate surface area is 175 Å². The lowest BCUT2D eigenvalue weighted by Crippen LogP contribution is -2.23. The molecule has 148 valence electrons. The van der Waals surface area contributed by atoms with Crippen LogP contribution in [-0.2, 0) is 13.1 Å². The summed E-state index contributed by atoms with van der Waals surface area (Å²) in [7, 11) is 0. The highest BCUT2D eigenvalue weighted by Crippen LogP contribution is 2.18. The Morgan fingerprint density at radius 3 is 1.33 bits per heavy atom. The second-order valence-corrected chi connectivity index (χ2v) is 7.11. The molecule has 0 aliphatic heterocycles. The van der Waals surface area contributed by atoms with Gasteiger partial charge in [-0.05, 0) is 46.2 Å². The molecule has 0 aliphatic rings. The minimum atomic E-state index is -0.120. The predicted octanol–water partition coefficient (Wildman–Crippen LogP) is 4.70. The summed E-state index contributed by atoms with van der Waals surface area (Å²) in [5.74, 6) is -0.240. The van der Waals surface area contributed by atoms with Gasteiger partial charge in [0.05, 0.1) is 0 Å². The Morgan fingerprint density at radius 1 is 0.533 bits per heavy atom. The van der Waals surface area contributed by atoms with Crippen molar-refractivity contribution in [1.29, 1.82) is 0 Å². The normalized spacial score (nSPS) is 10.5. The molecule has 30 heavy (non-hydrogen) atoms. The number of hydrogen-bond acceptors (Lipinski definition) is 2. The molecule has 4 nitrogen and oxygen atoms in total. The van der Waals surface area contributed by atoms with E-state index in [9.17, 15) is 9.59 Å². The van der Waals surface area contributed by atoms with Gasteiger partial charge in [0.2, 0.25) is 0 Å². The molecule has 0 radical (unpaired) electrons. The highest BCUT2D eigenvalue weighted by molar-refractivity contribution is 6.01. The molecule has 0 aromatic heterocycles. The van der Waals surface area contributed by atoms with E-state index in [1.165, 1.54) is 0 Å². The lowest BCUT2D eigenvalue weighted by Gasteiger charge is -2.09. The van der Waals surface area contributed by atoms with Crippen LogP contribution < -0.4 is 10.6 Å². The largest absolute Gasteiger partial charge is 0.348 e. The first-order valence-electron chi connectivity index (χ1n) is 9.87. The molecular formula is C26H22N2O2. The summed E-state index contributed by atoms with van der Waals surface area (Å²) >= 11 is 0. The molecule has 0 spiro atoms. The lowest BCUT2D eigenvalue weighted by atomic mass is 10.0. The second kappa shape index (κ2) is 9.05. The van der Waals surface area contributed by atoms with Crippen LogP contribution in [0.1, 0.15) is 31.8 Å². The number of carbonyl (C=O) groups is 2. The Hall–Kier alpha value is -3.92. The van der Waals surface area contributed by atoms with Gasteiger partial charge in [0, 0.05) is 24.2 Å². The smallest absolute Gasteiger partial charge is 0.251 e. The van der Waals surface area contributed by atoms with Gasteiger partial charge in [-0.3, -0.25) is 9.59 Å². The summed E-state index contributed by atoms with van der Waals surface area (Å²) in [5.41, 5.74) is 3.30. The number of hydrogen-bond donors (Lipinski definition) is 2. The first-order valence-corrected chi connectivity index (χ1v) is 9.87. The average molecular weight is 394 g/mol. The van der Waals surface area contributed by atoms with Gasteiger partial charge in [-0.2, -0.15) is 0 Å². The Bertz CT molecular complexity index is 1080. The zero-order chi connectivity index (χ0) is 20.8. The van der Waals surface area contributed by atoms with Crippen molar-refractivity contribution < 1.29 is 9.59 Å². The van der Waals surface area contributed by atoms with E-state index in [1.807, 2.05) is 84.9 Å². The summed E-state index contributed by atoms with van der Waals surface area (Å²) < 4.78 is 0. The van der Waals surface area contributed by atoms with E-state index in [-0.39, 0.29) is 11.8 Å². The van der Waals surface area contributed by atoms with Gasteiger partial charge < -0.3 is 10.6 Å². The van der Waals surface area contributed by atoms with E-state index >= 15 is 0 Å². The van der Waals surface area contributed by atoms with Crippen molar-refractivity contribution in [2.75, 3.05) is 0 Å². The highest BCUT2D eigenvalue weighted by Gasteiger charge is 2.09. The second-order valence-electron chi connectivity index (χ2n) is 7.11. The molecule has 0 aliphatic carbocycles. The van der Waals surface area contributed by atoms with Crippen LogP contribution in [0.15, 0.2) is 97.1 Å². The van der Waals surface area contributed by atoms with Crippen molar-refractivity contribution in [3.8, 4) is 0 Å². The quantitative estimate of drug-likeness (QED) is 0.498. The molecule has 2 N–H and O–H groups in total. The third-order valence-corrected chi connectivity index (χ3v) is 4.96. The molecule has 4 rings (SSSR count). The number of fused-ring (bicyclic) bond motifs is 1. The van der Waals surface area contributed by atoms with E-state index in [2.05, 4.69) is 10.6 Å². The standard InChI is InChI=1S/C26H22N2O2/c29-25(27-17-19-7-3-1-4-8-19)23-13-11-22-16-24(14-12-21(22)15-23)26(30)28-18-20-9-5-2-6-10-20/h1-16H,17-18H2,(H,27,29)(H,28,30). The predicted molar refractivity (Wildman–Crippen MR) is 119 cm³/mol. The minimum Gasteiger partial charge on any atom is -0.348 e. The van der Waals surface area contributed by atoms with E-state index < -0.39 is 0 Å². The van der Waals surface area contributed by atoms with E-state index in [1.54, 1.807) is 12.1 Å². The van der Waals surface area contributed by atoms with Crippen LogP contribution in [0, 0.1) is 0 Å². The first-order chi connectivity index (χ1) is 14.7. The Balaban J connectivity index is 1.42. The summed E-state index contributed by atoms with van der Waals surface area (Å²) in [6, 6.07) is 30.6. The fourth-order valence-electron chi connectivity index (χ4n) is 3.29. The summed E-state index contributed by atoms with van der Waals surface area (Å²) in [6.45, 7) is 0.969. The molecule has 2 amide bonds. The molecule has 0 saturated carbocycles. The van der Waals surface area contributed by atoms with Crippen LogP contribution >= 0.6 is 0 Å². The lowest BCUT2D eigenvalue weighted by molar-refractivity contribution is 0.0942. The molecule has 0 bridgehead atoms. The average Bonchev–Trinajstić information content (AvgIpc) is 2.81. The van der Waals surface area contributed by atoms with Crippen LogP contribution in [0.4, 0.5) is 0 Å². The van der Waals surface area contributed by atoms with Crippen molar-refractivity contribution in [1.82, 2.24) is 10.6 Å². The van der Waals surface area contributed by atoms with E-state index in [4.69, 9.17) is 0 Å². The number of carbonyl (C=O) groups excluding carboxylic acids is 2. The van der Waals surface area contributed by atoms with Crippen molar-refractivity contribution >= 4 is 22.6 Å². The van der Waals surface area contributed by atoms with Gasteiger partial charge in [0.25, 0.3) is 11.8 Å². The SMILES string of the molecule is O=C(NCc1ccccc1)c1ccc2cc(C(=O)NCc3ccccc3)ccc2c1. The van der Waals surface area contributed by atoms with Gasteiger partial charge >= 0.3 is 0 Å². The molecule has 0 heterocycles. The third kappa shape index (κ3) is 4.73. The summed E-state index contributed by atoms with van der Waals surface area (Å²) in [6.07, 6.45) is 0. The Kier molecular flexibility index (Phi) is 5.85. The van der Waals surface area contributed by atoms with Crippen LogP contribution in [0.5, 0.6) is 0 Å². The fraction of sp³-hybridized carbons (Fsp3) is 0.0769. The molecule has 0 saturated heterocycles. The molecule has 0 fully saturated rings. The van der Waals surface area contributed by atoms with Crippen LogP contribution in [0.3, 0.4) is 0 Å². The topological polar surface area (TPSA) is 58.2 Å². The fourth-order valence-corrected chi connectivity index (χ4v) is 3.29. The van der Waals surface area contributed by atoms with Crippen LogP contribution in [-0.4, -0.2) is 11.8 Å². The maximum atomic E-state index is 12.5. The molecule has 4 heteroatoms. The van der Waals surface area contributed by atoms with Crippen molar-refractivity contribution in [2.45, 2.75) is 13.1 Å². The number of benzene rings is 4. The summed E-state index contributed by atoms with van der Waals surface area (Å²) in [4.78, 5) is 25.0. The first kappa shape index (κ1) is 19.4. The van der Waals surface area contributed by atoms with Gasteiger partial charge in [-0.25, -0.2) is 0 Å². The number of nitrogens with one attached hydrogen (secondary N) is 2. The molecule has 4 aromatic rings. The highest BCUT2D eigenvalue weighted by atomic mass is 16.2. The molecule has 4 aromatic carbocycles. The van der Waals surface area contributed by atoms with Gasteiger partial charge in [0.15, 0.2) is 0 Å². The third-order valence-electron chi connectivity index (χ3n) is 4.96. The zero-order valence-corrected chi connectivity index (χ0v) is 16.5. The molecule has 0 atom stereocenters. The minimum absolute atomic E-state index is 0.120. The monoisotopic (exact) mass is 394 g/mol. The van der Waals surface area contributed by atoms with Crippen molar-refractivity contribution in [3.63, 3.8) is 0 Å². The number of rotatable bonds is 6. The number of amides is 2. The maximum Gasteiger partial charge on any atom is 0.251 e. The van der Waals surface area contributed by atoms with Gasteiger partial charge in [0.1, 0.15) is 0 Å². The van der Waals surface area contributed by atoms with E-state index in [0.717, 1.165) is 21.9 Å². The van der Waals surface area contributed by atoms with Crippen LogP contribution in [0.2, 0.25) is 0 Å². The van der Waals surface area contributed by atoms with Crippen LogP contribution in [0.25, 0.3) is 10.8 Å².